The summed E-state index contributed by atoms with van der Waals surface area (Å²) < 4.78 is 30.2. The van der Waals surface area contributed by atoms with E-state index < -0.39 is 26.6 Å². The van der Waals surface area contributed by atoms with Crippen LogP contribution in [0.4, 0.5) is 0 Å². The van der Waals surface area contributed by atoms with Crippen LogP contribution in [0.1, 0.15) is 23.2 Å². The smallest absolute Gasteiger partial charge is 0.338 e. The summed E-state index contributed by atoms with van der Waals surface area (Å²) in [6.07, 6.45) is 1.10. The number of carbonyl (C=O) groups is 1. The van der Waals surface area contributed by atoms with Crippen LogP contribution in [-0.4, -0.2) is 38.0 Å². The predicted molar refractivity (Wildman–Crippen MR) is 74.4 cm³/mol. The van der Waals surface area contributed by atoms with Crippen molar-refractivity contribution in [3.05, 3.63) is 27.7 Å². The van der Waals surface area contributed by atoms with Gasteiger partial charge in [0.15, 0.2) is 9.84 Å². The molecular weight excluding hydrogens is 327 g/mol. The van der Waals surface area contributed by atoms with E-state index in [1.165, 1.54) is 12.1 Å². The molecule has 20 heavy (non-hydrogen) atoms. The lowest BCUT2D eigenvalue weighted by Crippen LogP contribution is -2.31. The molecule has 1 aromatic rings. The van der Waals surface area contributed by atoms with Gasteiger partial charge in [0.25, 0.3) is 0 Å². The first-order valence-corrected chi connectivity index (χ1v) is 8.19. The van der Waals surface area contributed by atoms with E-state index in [9.17, 15) is 13.2 Å². The Balaban J connectivity index is 2.52. The van der Waals surface area contributed by atoms with Crippen LogP contribution in [-0.2, 0) is 14.6 Å². The highest BCUT2D eigenvalue weighted by molar-refractivity contribution is 7.92. The van der Waals surface area contributed by atoms with Gasteiger partial charge in [0.1, 0.15) is 0 Å². The second-order valence-electron chi connectivity index (χ2n) is 4.42. The van der Waals surface area contributed by atoms with Crippen LogP contribution in [0.3, 0.4) is 0 Å². The summed E-state index contributed by atoms with van der Waals surface area (Å²) in [5.74, 6) is -1.36. The summed E-state index contributed by atoms with van der Waals surface area (Å²) in [5, 5.41) is 7.90. The molecule has 0 spiro atoms. The van der Waals surface area contributed by atoms with Crippen molar-refractivity contribution in [1.82, 2.24) is 0 Å². The maximum atomic E-state index is 12.5. The molecule has 1 aliphatic heterocycles. The van der Waals surface area contributed by atoms with E-state index in [2.05, 4.69) is 0 Å². The van der Waals surface area contributed by atoms with Crippen molar-refractivity contribution in [2.24, 2.45) is 0 Å². The number of aromatic carboxylic acids is 1. The van der Waals surface area contributed by atoms with Crippen LogP contribution in [0.25, 0.3) is 0 Å². The third kappa shape index (κ3) is 2.79. The molecule has 1 fully saturated rings. The second kappa shape index (κ2) is 5.89. The van der Waals surface area contributed by atoms with Crippen molar-refractivity contribution in [1.29, 1.82) is 0 Å². The average Bonchev–Trinajstić information content (AvgIpc) is 2.39. The molecule has 1 atom stereocenters. The summed E-state index contributed by atoms with van der Waals surface area (Å²) in [6, 6.07) is 2.47. The monoisotopic (exact) mass is 338 g/mol. The number of benzene rings is 1. The topological polar surface area (TPSA) is 80.7 Å². The van der Waals surface area contributed by atoms with E-state index in [1.54, 1.807) is 0 Å². The molecule has 1 N–H and O–H groups in total. The van der Waals surface area contributed by atoms with E-state index in [1.807, 2.05) is 0 Å². The van der Waals surface area contributed by atoms with E-state index in [4.69, 9.17) is 33.0 Å². The standard InChI is InChI=1S/C12H12Cl2O5S/c13-8-3-4-9(11(14)10(8)12(15)16)20(17,18)7-2-1-5-19-6-7/h3-4,7H,1-2,5-6H2,(H,15,16). The fourth-order valence-corrected chi connectivity index (χ4v) is 4.66. The van der Waals surface area contributed by atoms with Gasteiger partial charge < -0.3 is 9.84 Å². The minimum Gasteiger partial charge on any atom is -0.478 e. The quantitative estimate of drug-likeness (QED) is 0.916. The molecule has 0 radical (unpaired) electrons. The Labute approximate surface area is 126 Å². The van der Waals surface area contributed by atoms with Crippen LogP contribution >= 0.6 is 23.2 Å². The molecule has 1 aromatic carbocycles. The first-order valence-electron chi connectivity index (χ1n) is 5.88. The second-order valence-corrected chi connectivity index (χ2v) is 7.41. The number of hydrogen-bond acceptors (Lipinski definition) is 4. The fraction of sp³-hybridized carbons (Fsp3) is 0.417. The van der Waals surface area contributed by atoms with Crippen molar-refractivity contribution >= 4 is 39.0 Å². The van der Waals surface area contributed by atoms with Crippen molar-refractivity contribution in [2.75, 3.05) is 13.2 Å². The highest BCUT2D eigenvalue weighted by Crippen LogP contribution is 2.34. The molecule has 1 unspecified atom stereocenters. The third-order valence-electron chi connectivity index (χ3n) is 3.13. The molecular formula is C12H12Cl2O5S. The SMILES string of the molecule is O=C(O)c1c(Cl)ccc(S(=O)(=O)C2CCCOC2)c1Cl. The van der Waals surface area contributed by atoms with Gasteiger partial charge in [-0.15, -0.1) is 0 Å². The summed E-state index contributed by atoms with van der Waals surface area (Å²) in [4.78, 5) is 10.9. The number of halogens is 2. The van der Waals surface area contributed by atoms with Gasteiger partial charge in [0.2, 0.25) is 0 Å². The zero-order chi connectivity index (χ0) is 14.9. The van der Waals surface area contributed by atoms with Gasteiger partial charge in [-0.3, -0.25) is 0 Å². The minimum absolute atomic E-state index is 0.0870. The van der Waals surface area contributed by atoms with Gasteiger partial charge in [-0.05, 0) is 25.0 Å². The Bertz CT molecular complexity index is 635. The summed E-state index contributed by atoms with van der Waals surface area (Å²) in [7, 11) is -3.74. The van der Waals surface area contributed by atoms with Gasteiger partial charge in [0, 0.05) is 6.61 Å². The maximum Gasteiger partial charge on any atom is 0.338 e. The van der Waals surface area contributed by atoms with Gasteiger partial charge in [0.05, 0.1) is 32.4 Å². The number of sulfone groups is 1. The minimum atomic E-state index is -3.74. The summed E-state index contributed by atoms with van der Waals surface area (Å²) >= 11 is 11.7. The largest absolute Gasteiger partial charge is 0.478 e. The maximum absolute atomic E-state index is 12.5. The highest BCUT2D eigenvalue weighted by Gasteiger charge is 2.33. The Morgan fingerprint density at radius 2 is 2.05 bits per heavy atom. The van der Waals surface area contributed by atoms with Crippen molar-refractivity contribution in [3.8, 4) is 0 Å². The normalized spacial score (nSPS) is 19.8. The lowest BCUT2D eigenvalue weighted by molar-refractivity contribution is 0.0697. The zero-order valence-corrected chi connectivity index (χ0v) is 12.6. The Hall–Kier alpha value is -0.820. The summed E-state index contributed by atoms with van der Waals surface area (Å²) in [5.41, 5.74) is -0.397. The molecule has 0 saturated carbocycles. The van der Waals surface area contributed by atoms with Crippen LogP contribution in [0.2, 0.25) is 10.0 Å². The Morgan fingerprint density at radius 3 is 2.60 bits per heavy atom. The van der Waals surface area contributed by atoms with Crippen molar-refractivity contribution in [2.45, 2.75) is 23.0 Å². The van der Waals surface area contributed by atoms with Gasteiger partial charge in [-0.2, -0.15) is 0 Å². The first kappa shape index (κ1) is 15.6. The van der Waals surface area contributed by atoms with Crippen molar-refractivity contribution in [3.63, 3.8) is 0 Å². The zero-order valence-electron chi connectivity index (χ0n) is 10.3. The van der Waals surface area contributed by atoms with Gasteiger partial charge >= 0.3 is 5.97 Å². The molecule has 2 rings (SSSR count). The van der Waals surface area contributed by atoms with Crippen LogP contribution in [0.5, 0.6) is 0 Å². The number of ether oxygens (including phenoxy) is 1. The molecule has 0 aliphatic carbocycles. The average molecular weight is 339 g/mol. The van der Waals surface area contributed by atoms with E-state index in [0.29, 0.717) is 19.4 Å². The number of hydrogen-bond donors (Lipinski definition) is 1. The molecule has 110 valence electrons. The fourth-order valence-electron chi connectivity index (χ4n) is 2.08. The molecule has 1 aliphatic rings. The Kier molecular flexibility index (Phi) is 4.59. The number of rotatable bonds is 3. The van der Waals surface area contributed by atoms with E-state index >= 15 is 0 Å². The lowest BCUT2D eigenvalue weighted by atomic mass is 10.2. The van der Waals surface area contributed by atoms with Gasteiger partial charge in [-0.25, -0.2) is 13.2 Å². The van der Waals surface area contributed by atoms with Crippen LogP contribution in [0.15, 0.2) is 17.0 Å². The van der Waals surface area contributed by atoms with Gasteiger partial charge in [-0.1, -0.05) is 23.2 Å². The molecule has 1 saturated heterocycles. The van der Waals surface area contributed by atoms with E-state index in [0.717, 1.165) is 0 Å². The highest BCUT2D eigenvalue weighted by atomic mass is 35.5. The molecule has 0 aromatic heterocycles. The molecule has 0 amide bonds. The number of carboxylic acids is 1. The van der Waals surface area contributed by atoms with Crippen LogP contribution < -0.4 is 0 Å². The molecule has 1 heterocycles. The third-order valence-corrected chi connectivity index (χ3v) is 6.16. The Morgan fingerprint density at radius 1 is 1.35 bits per heavy atom. The predicted octanol–water partition coefficient (Wildman–Crippen LogP) is 2.64. The van der Waals surface area contributed by atoms with E-state index in [-0.39, 0.29) is 21.5 Å². The molecule has 5 nitrogen and oxygen atoms in total. The summed E-state index contributed by atoms with van der Waals surface area (Å²) in [6.45, 7) is 0.616. The number of carboxylic acid groups (broad SMARTS) is 1. The van der Waals surface area contributed by atoms with Crippen molar-refractivity contribution < 1.29 is 23.1 Å². The molecule has 8 heteroatoms. The van der Waals surface area contributed by atoms with Crippen LogP contribution in [0, 0.1) is 0 Å². The molecule has 0 bridgehead atoms. The lowest BCUT2D eigenvalue weighted by Gasteiger charge is -2.23. The first-order chi connectivity index (χ1) is 9.35.